The first-order valence-corrected chi connectivity index (χ1v) is 8.38. The minimum atomic E-state index is -0.141. The van der Waals surface area contributed by atoms with Gasteiger partial charge in [-0.25, -0.2) is 0 Å². The highest BCUT2D eigenvalue weighted by atomic mass is 16.2. The number of carbonyl (C=O) groups is 2. The predicted octanol–water partition coefficient (Wildman–Crippen LogP) is 2.01. The molecule has 5 nitrogen and oxygen atoms in total. The van der Waals surface area contributed by atoms with Crippen LogP contribution in [0.1, 0.15) is 12.8 Å². The zero-order valence-corrected chi connectivity index (χ0v) is 14.0. The lowest BCUT2D eigenvalue weighted by atomic mass is 10.1. The summed E-state index contributed by atoms with van der Waals surface area (Å²) in [7, 11) is 1.88. The molecule has 24 heavy (non-hydrogen) atoms. The average Bonchev–Trinajstić information content (AvgIpc) is 3.14. The van der Waals surface area contributed by atoms with Crippen LogP contribution >= 0.6 is 0 Å². The van der Waals surface area contributed by atoms with Crippen LogP contribution in [0, 0.1) is 0 Å². The fourth-order valence-electron chi connectivity index (χ4n) is 3.03. The maximum Gasteiger partial charge on any atom is 0.241 e. The maximum absolute atomic E-state index is 12.1. The van der Waals surface area contributed by atoms with Crippen LogP contribution in [-0.2, 0) is 9.59 Å². The molecule has 0 saturated carbocycles. The number of likely N-dealkylation sites (N-methyl/N-ethyl adjacent to an activating group) is 1. The molecule has 0 radical (unpaired) electrons. The first-order chi connectivity index (χ1) is 11.6. The first kappa shape index (κ1) is 16.3. The van der Waals surface area contributed by atoms with Crippen LogP contribution in [0.3, 0.4) is 0 Å². The minimum Gasteiger partial charge on any atom is -0.365 e. The number of rotatable bonds is 5. The normalized spacial score (nSPS) is 14.0. The molecule has 0 aliphatic carbocycles. The molecule has 5 heteroatoms. The van der Waals surface area contributed by atoms with E-state index in [9.17, 15) is 9.59 Å². The van der Waals surface area contributed by atoms with E-state index in [-0.39, 0.29) is 24.9 Å². The molecule has 0 bridgehead atoms. The van der Waals surface area contributed by atoms with Gasteiger partial charge in [0.25, 0.3) is 0 Å². The van der Waals surface area contributed by atoms with E-state index in [1.165, 1.54) is 5.39 Å². The molecule has 1 aliphatic rings. The zero-order valence-electron chi connectivity index (χ0n) is 14.0. The molecule has 1 heterocycles. The van der Waals surface area contributed by atoms with Crippen molar-refractivity contribution in [2.45, 2.75) is 12.8 Å². The van der Waals surface area contributed by atoms with E-state index in [0.717, 1.165) is 37.0 Å². The minimum absolute atomic E-state index is 0.00853. The summed E-state index contributed by atoms with van der Waals surface area (Å²) in [6.45, 7) is 1.94. The maximum atomic E-state index is 12.1. The van der Waals surface area contributed by atoms with E-state index >= 15 is 0 Å². The summed E-state index contributed by atoms with van der Waals surface area (Å²) in [5, 5.41) is 5.05. The zero-order chi connectivity index (χ0) is 16.9. The molecule has 2 aromatic carbocycles. The van der Waals surface area contributed by atoms with Gasteiger partial charge in [0.1, 0.15) is 0 Å². The summed E-state index contributed by atoms with van der Waals surface area (Å²) < 4.78 is 0. The summed E-state index contributed by atoms with van der Waals surface area (Å²) in [5.74, 6) is -0.132. The van der Waals surface area contributed by atoms with Crippen molar-refractivity contribution in [3.05, 3.63) is 42.5 Å². The van der Waals surface area contributed by atoms with E-state index in [1.807, 2.05) is 35.0 Å². The highest BCUT2D eigenvalue weighted by molar-refractivity contribution is 5.89. The number of carbonyl (C=O) groups excluding carboxylic acids is 2. The van der Waals surface area contributed by atoms with Gasteiger partial charge < -0.3 is 15.1 Å². The summed E-state index contributed by atoms with van der Waals surface area (Å²) in [5.41, 5.74) is 0.981. The lowest BCUT2D eigenvalue weighted by Crippen LogP contribution is -2.42. The quantitative estimate of drug-likeness (QED) is 0.915. The summed E-state index contributed by atoms with van der Waals surface area (Å²) in [6, 6.07) is 14.3. The van der Waals surface area contributed by atoms with Crippen molar-refractivity contribution in [3.63, 3.8) is 0 Å². The fourth-order valence-corrected chi connectivity index (χ4v) is 3.03. The van der Waals surface area contributed by atoms with Gasteiger partial charge in [0.05, 0.1) is 13.1 Å². The largest absolute Gasteiger partial charge is 0.365 e. The van der Waals surface area contributed by atoms with Crippen molar-refractivity contribution >= 4 is 28.3 Å². The predicted molar refractivity (Wildman–Crippen MR) is 96.0 cm³/mol. The number of likely N-dealkylation sites (tertiary alicyclic amines) is 1. The first-order valence-electron chi connectivity index (χ1n) is 8.38. The van der Waals surface area contributed by atoms with Gasteiger partial charge in [-0.3, -0.25) is 9.59 Å². The molecular weight excluding hydrogens is 302 g/mol. The van der Waals surface area contributed by atoms with Gasteiger partial charge >= 0.3 is 0 Å². The molecule has 0 spiro atoms. The van der Waals surface area contributed by atoms with E-state index in [1.54, 1.807) is 0 Å². The Hall–Kier alpha value is -2.56. The van der Waals surface area contributed by atoms with Crippen molar-refractivity contribution < 1.29 is 9.59 Å². The SMILES string of the molecule is CN(CC(=O)NCC(=O)N1CCCC1)c1ccc2ccccc2c1. The number of fused-ring (bicyclic) bond motifs is 1. The van der Waals surface area contributed by atoms with Crippen LogP contribution in [0.25, 0.3) is 10.8 Å². The Kier molecular flexibility index (Phi) is 4.99. The number of nitrogens with zero attached hydrogens (tertiary/aromatic N) is 2. The highest BCUT2D eigenvalue weighted by Gasteiger charge is 2.18. The average molecular weight is 325 g/mol. The summed E-state index contributed by atoms with van der Waals surface area (Å²) >= 11 is 0. The van der Waals surface area contributed by atoms with Crippen LogP contribution in [0.5, 0.6) is 0 Å². The van der Waals surface area contributed by atoms with Gasteiger partial charge in [-0.15, -0.1) is 0 Å². The third-order valence-electron chi connectivity index (χ3n) is 4.45. The van der Waals surface area contributed by atoms with Crippen LogP contribution in [0.4, 0.5) is 5.69 Å². The van der Waals surface area contributed by atoms with E-state index in [2.05, 4.69) is 29.6 Å². The van der Waals surface area contributed by atoms with Crippen molar-refractivity contribution in [2.24, 2.45) is 0 Å². The van der Waals surface area contributed by atoms with Crippen molar-refractivity contribution in [3.8, 4) is 0 Å². The number of nitrogens with one attached hydrogen (secondary N) is 1. The molecule has 2 aromatic rings. The number of benzene rings is 2. The number of amides is 2. The summed E-state index contributed by atoms with van der Waals surface area (Å²) in [4.78, 5) is 27.7. The summed E-state index contributed by atoms with van der Waals surface area (Å²) in [6.07, 6.45) is 2.12. The topological polar surface area (TPSA) is 52.7 Å². The fraction of sp³-hybridized carbons (Fsp3) is 0.368. The van der Waals surface area contributed by atoms with Crippen molar-refractivity contribution in [1.29, 1.82) is 0 Å². The number of hydrogen-bond acceptors (Lipinski definition) is 3. The van der Waals surface area contributed by atoms with Gasteiger partial charge in [-0.05, 0) is 35.7 Å². The Morgan fingerprint density at radius 3 is 2.54 bits per heavy atom. The van der Waals surface area contributed by atoms with Crippen LogP contribution in [0.2, 0.25) is 0 Å². The number of anilines is 1. The second kappa shape index (κ2) is 7.34. The lowest BCUT2D eigenvalue weighted by Gasteiger charge is -2.20. The van der Waals surface area contributed by atoms with Gasteiger partial charge in [0.2, 0.25) is 11.8 Å². The van der Waals surface area contributed by atoms with Gasteiger partial charge in [-0.1, -0.05) is 30.3 Å². The van der Waals surface area contributed by atoms with Crippen LogP contribution in [0.15, 0.2) is 42.5 Å². The molecule has 1 fully saturated rings. The standard InChI is InChI=1S/C19H23N3O2/c1-21(17-9-8-15-6-2-3-7-16(15)12-17)14-18(23)20-13-19(24)22-10-4-5-11-22/h2-3,6-9,12H,4-5,10-11,13-14H2,1H3,(H,20,23). The molecular formula is C19H23N3O2. The molecule has 1 N–H and O–H groups in total. The molecule has 2 amide bonds. The Morgan fingerprint density at radius 1 is 1.08 bits per heavy atom. The third-order valence-corrected chi connectivity index (χ3v) is 4.45. The van der Waals surface area contributed by atoms with Gasteiger partial charge in [-0.2, -0.15) is 0 Å². The smallest absolute Gasteiger partial charge is 0.241 e. The molecule has 0 aromatic heterocycles. The van der Waals surface area contributed by atoms with Crippen molar-refractivity contribution in [1.82, 2.24) is 10.2 Å². The van der Waals surface area contributed by atoms with Crippen LogP contribution < -0.4 is 10.2 Å². The van der Waals surface area contributed by atoms with Gasteiger partial charge in [0.15, 0.2) is 0 Å². The van der Waals surface area contributed by atoms with Gasteiger partial charge in [0, 0.05) is 25.8 Å². The van der Waals surface area contributed by atoms with Crippen molar-refractivity contribution in [2.75, 3.05) is 38.1 Å². The molecule has 0 unspecified atom stereocenters. The van der Waals surface area contributed by atoms with Crippen LogP contribution in [-0.4, -0.2) is 49.9 Å². The second-order valence-corrected chi connectivity index (χ2v) is 6.25. The molecule has 3 rings (SSSR count). The molecule has 126 valence electrons. The Labute approximate surface area is 142 Å². The third kappa shape index (κ3) is 3.85. The second-order valence-electron chi connectivity index (χ2n) is 6.25. The van der Waals surface area contributed by atoms with E-state index in [0.29, 0.717) is 0 Å². The van der Waals surface area contributed by atoms with E-state index in [4.69, 9.17) is 0 Å². The lowest BCUT2D eigenvalue weighted by molar-refractivity contribution is -0.131. The number of hydrogen-bond donors (Lipinski definition) is 1. The Balaban J connectivity index is 1.53. The molecule has 0 atom stereocenters. The molecule has 1 saturated heterocycles. The van der Waals surface area contributed by atoms with E-state index < -0.39 is 0 Å². The Bertz CT molecular complexity index is 738. The molecule has 1 aliphatic heterocycles. The Morgan fingerprint density at radius 2 is 1.79 bits per heavy atom. The monoisotopic (exact) mass is 325 g/mol. The highest BCUT2D eigenvalue weighted by Crippen LogP contribution is 2.21.